The number of anilines is 1. The molecule has 0 spiro atoms. The number of hydrogen-bond donors (Lipinski definition) is 2. The Morgan fingerprint density at radius 3 is 2.92 bits per heavy atom. The third-order valence-electron chi connectivity index (χ3n) is 1.79. The Morgan fingerprint density at radius 1 is 1.54 bits per heavy atom. The summed E-state index contributed by atoms with van der Waals surface area (Å²) in [4.78, 5) is 4.01. The number of rotatable bonds is 4. The van der Waals surface area contributed by atoms with Gasteiger partial charge in [-0.25, -0.2) is 4.98 Å². The van der Waals surface area contributed by atoms with E-state index < -0.39 is 0 Å². The van der Waals surface area contributed by atoms with Crippen LogP contribution in [0.2, 0.25) is 0 Å². The van der Waals surface area contributed by atoms with E-state index in [4.69, 9.17) is 5.73 Å². The molecular weight excluding hydrogens is 162 g/mol. The van der Waals surface area contributed by atoms with E-state index in [1.807, 2.05) is 12.1 Å². The smallest absolute Gasteiger partial charge is 0.127 e. The zero-order valence-corrected chi connectivity index (χ0v) is 8.25. The normalized spacial score (nSPS) is 10.7. The lowest BCUT2D eigenvalue weighted by molar-refractivity contribution is 0.552. The summed E-state index contributed by atoms with van der Waals surface area (Å²) in [5, 5.41) is 3.32. The Kier molecular flexibility index (Phi) is 3.71. The molecule has 1 rings (SSSR count). The van der Waals surface area contributed by atoms with Gasteiger partial charge in [0.05, 0.1) is 0 Å². The number of nitrogens with zero attached hydrogens (tertiary/aromatic N) is 1. The molecule has 0 aliphatic heterocycles. The van der Waals surface area contributed by atoms with Crippen molar-refractivity contribution in [2.75, 3.05) is 12.3 Å². The van der Waals surface area contributed by atoms with Gasteiger partial charge < -0.3 is 11.1 Å². The van der Waals surface area contributed by atoms with Crippen LogP contribution >= 0.6 is 0 Å². The lowest BCUT2D eigenvalue weighted by Gasteiger charge is -2.08. The minimum atomic E-state index is 0.624. The second kappa shape index (κ2) is 4.82. The molecule has 0 aliphatic carbocycles. The topological polar surface area (TPSA) is 50.9 Å². The van der Waals surface area contributed by atoms with Crippen molar-refractivity contribution in [1.29, 1.82) is 0 Å². The molecule has 72 valence electrons. The van der Waals surface area contributed by atoms with E-state index in [0.29, 0.717) is 11.7 Å². The van der Waals surface area contributed by atoms with Gasteiger partial charge in [-0.2, -0.15) is 0 Å². The van der Waals surface area contributed by atoms with Gasteiger partial charge in [0.1, 0.15) is 5.82 Å². The van der Waals surface area contributed by atoms with Crippen molar-refractivity contribution in [3.63, 3.8) is 0 Å². The highest BCUT2D eigenvalue weighted by atomic mass is 14.9. The van der Waals surface area contributed by atoms with E-state index >= 15 is 0 Å². The molecule has 0 unspecified atom stereocenters. The summed E-state index contributed by atoms with van der Waals surface area (Å²) in [6, 6.07) is 3.90. The van der Waals surface area contributed by atoms with Crippen molar-refractivity contribution >= 4 is 5.82 Å². The first-order chi connectivity index (χ1) is 6.20. The predicted octanol–water partition coefficient (Wildman–Crippen LogP) is 1.41. The summed E-state index contributed by atoms with van der Waals surface area (Å²) in [6.07, 6.45) is 1.71. The van der Waals surface area contributed by atoms with Gasteiger partial charge >= 0.3 is 0 Å². The molecule has 0 saturated heterocycles. The first kappa shape index (κ1) is 9.99. The monoisotopic (exact) mass is 179 g/mol. The minimum Gasteiger partial charge on any atom is -0.383 e. The van der Waals surface area contributed by atoms with Crippen molar-refractivity contribution in [3.05, 3.63) is 23.9 Å². The first-order valence-electron chi connectivity index (χ1n) is 4.60. The van der Waals surface area contributed by atoms with E-state index in [1.165, 1.54) is 0 Å². The Balaban J connectivity index is 2.41. The SMILES string of the molecule is CC(C)CNCc1cccnc1N. The van der Waals surface area contributed by atoms with E-state index in [0.717, 1.165) is 18.7 Å². The molecule has 3 N–H and O–H groups in total. The van der Waals surface area contributed by atoms with Crippen LogP contribution in [0.5, 0.6) is 0 Å². The quantitative estimate of drug-likeness (QED) is 0.734. The summed E-state index contributed by atoms with van der Waals surface area (Å²) in [6.45, 7) is 6.17. The van der Waals surface area contributed by atoms with Gasteiger partial charge in [-0.15, -0.1) is 0 Å². The molecule has 0 aliphatic rings. The molecule has 0 bridgehead atoms. The second-order valence-electron chi connectivity index (χ2n) is 3.57. The molecule has 1 heterocycles. The lowest BCUT2D eigenvalue weighted by atomic mass is 10.2. The number of nitrogens with one attached hydrogen (secondary N) is 1. The number of hydrogen-bond acceptors (Lipinski definition) is 3. The molecule has 0 radical (unpaired) electrons. The average molecular weight is 179 g/mol. The highest BCUT2D eigenvalue weighted by molar-refractivity contribution is 5.38. The molecule has 0 amide bonds. The molecule has 0 atom stereocenters. The van der Waals surface area contributed by atoms with Crippen LogP contribution < -0.4 is 11.1 Å². The molecule has 3 heteroatoms. The maximum atomic E-state index is 5.69. The van der Waals surface area contributed by atoms with Crippen LogP contribution in [0.25, 0.3) is 0 Å². The standard InChI is InChI=1S/C10H17N3/c1-8(2)6-12-7-9-4-3-5-13-10(9)11/h3-5,8,12H,6-7H2,1-2H3,(H2,11,13). The molecule has 0 saturated carbocycles. The highest BCUT2D eigenvalue weighted by Gasteiger charge is 1.98. The van der Waals surface area contributed by atoms with Crippen LogP contribution in [0.1, 0.15) is 19.4 Å². The maximum absolute atomic E-state index is 5.69. The Morgan fingerprint density at radius 2 is 2.31 bits per heavy atom. The van der Waals surface area contributed by atoms with Gasteiger partial charge in [0.25, 0.3) is 0 Å². The van der Waals surface area contributed by atoms with Crippen LogP contribution in [-0.4, -0.2) is 11.5 Å². The van der Waals surface area contributed by atoms with Gasteiger partial charge in [0.15, 0.2) is 0 Å². The summed E-state index contributed by atoms with van der Waals surface area (Å²) in [5.74, 6) is 1.29. The van der Waals surface area contributed by atoms with Crippen molar-refractivity contribution in [1.82, 2.24) is 10.3 Å². The van der Waals surface area contributed by atoms with Crippen molar-refractivity contribution in [2.24, 2.45) is 5.92 Å². The first-order valence-corrected chi connectivity index (χ1v) is 4.60. The fraction of sp³-hybridized carbons (Fsp3) is 0.500. The highest BCUT2D eigenvalue weighted by Crippen LogP contribution is 2.05. The maximum Gasteiger partial charge on any atom is 0.127 e. The fourth-order valence-corrected chi connectivity index (χ4v) is 1.10. The Bertz CT molecular complexity index is 258. The average Bonchev–Trinajstić information content (AvgIpc) is 2.08. The van der Waals surface area contributed by atoms with Gasteiger partial charge in [0, 0.05) is 18.3 Å². The van der Waals surface area contributed by atoms with Crippen molar-refractivity contribution < 1.29 is 0 Å². The molecule has 13 heavy (non-hydrogen) atoms. The van der Waals surface area contributed by atoms with Gasteiger partial charge in [-0.3, -0.25) is 0 Å². The van der Waals surface area contributed by atoms with Crippen LogP contribution in [-0.2, 0) is 6.54 Å². The molecule has 1 aromatic rings. The van der Waals surface area contributed by atoms with E-state index in [2.05, 4.69) is 24.1 Å². The molecule has 3 nitrogen and oxygen atoms in total. The predicted molar refractivity (Wildman–Crippen MR) is 55.2 cm³/mol. The second-order valence-corrected chi connectivity index (χ2v) is 3.57. The zero-order valence-electron chi connectivity index (χ0n) is 8.25. The number of nitrogen functional groups attached to an aromatic ring is 1. The minimum absolute atomic E-state index is 0.624. The number of aromatic nitrogens is 1. The molecule has 0 aromatic carbocycles. The van der Waals surface area contributed by atoms with E-state index in [9.17, 15) is 0 Å². The summed E-state index contributed by atoms with van der Waals surface area (Å²) < 4.78 is 0. The van der Waals surface area contributed by atoms with Gasteiger partial charge in [-0.05, 0) is 18.5 Å². The molecule has 0 fully saturated rings. The number of pyridine rings is 1. The third kappa shape index (κ3) is 3.42. The van der Waals surface area contributed by atoms with Crippen LogP contribution in [0, 0.1) is 5.92 Å². The fourth-order valence-electron chi connectivity index (χ4n) is 1.10. The summed E-state index contributed by atoms with van der Waals surface area (Å²) in [7, 11) is 0. The third-order valence-corrected chi connectivity index (χ3v) is 1.79. The van der Waals surface area contributed by atoms with Gasteiger partial charge in [-0.1, -0.05) is 19.9 Å². The van der Waals surface area contributed by atoms with E-state index in [1.54, 1.807) is 6.20 Å². The molecular formula is C10H17N3. The zero-order chi connectivity index (χ0) is 9.68. The lowest BCUT2D eigenvalue weighted by Crippen LogP contribution is -2.19. The largest absolute Gasteiger partial charge is 0.383 e. The van der Waals surface area contributed by atoms with Crippen LogP contribution in [0.4, 0.5) is 5.82 Å². The molecule has 1 aromatic heterocycles. The Hall–Kier alpha value is -1.09. The van der Waals surface area contributed by atoms with Gasteiger partial charge in [0.2, 0.25) is 0 Å². The Labute approximate surface area is 79.4 Å². The van der Waals surface area contributed by atoms with Crippen molar-refractivity contribution in [2.45, 2.75) is 20.4 Å². The summed E-state index contributed by atoms with van der Waals surface area (Å²) in [5.41, 5.74) is 6.76. The van der Waals surface area contributed by atoms with E-state index in [-0.39, 0.29) is 0 Å². The van der Waals surface area contributed by atoms with Crippen molar-refractivity contribution in [3.8, 4) is 0 Å². The summed E-state index contributed by atoms with van der Waals surface area (Å²) >= 11 is 0. The number of nitrogens with two attached hydrogens (primary N) is 1. The van der Waals surface area contributed by atoms with Crippen LogP contribution in [0.3, 0.4) is 0 Å². The van der Waals surface area contributed by atoms with Crippen LogP contribution in [0.15, 0.2) is 18.3 Å².